The molecule has 5 heterocycles. The van der Waals surface area contributed by atoms with Crippen molar-refractivity contribution in [3.8, 4) is 10.6 Å². The monoisotopic (exact) mass is 650 g/mol. The van der Waals surface area contributed by atoms with Gasteiger partial charge in [-0.1, -0.05) is 30.2 Å². The molecule has 4 aromatic rings. The van der Waals surface area contributed by atoms with E-state index in [0.29, 0.717) is 48.3 Å². The maximum absolute atomic E-state index is 13.9. The molecule has 0 spiro atoms. The van der Waals surface area contributed by atoms with Crippen LogP contribution in [0.25, 0.3) is 20.8 Å². The van der Waals surface area contributed by atoms with Gasteiger partial charge in [-0.05, 0) is 56.0 Å². The van der Waals surface area contributed by atoms with Crippen LogP contribution in [-0.2, 0) is 32.5 Å². The summed E-state index contributed by atoms with van der Waals surface area (Å²) in [6.07, 6.45) is 2.07. The second kappa shape index (κ2) is 11.6. The molecule has 216 valence electrons. The number of piperidine rings is 1. The van der Waals surface area contributed by atoms with Gasteiger partial charge in [0.2, 0.25) is 5.91 Å². The van der Waals surface area contributed by atoms with Crippen molar-refractivity contribution in [2.24, 2.45) is 0 Å². The van der Waals surface area contributed by atoms with Crippen LogP contribution >= 0.6 is 45.6 Å². The first-order chi connectivity index (χ1) is 19.8. The molecule has 0 aliphatic carbocycles. The summed E-state index contributed by atoms with van der Waals surface area (Å²) in [5, 5.41) is 4.49. The number of hydrogen-bond acceptors (Lipinski definition) is 9. The van der Waals surface area contributed by atoms with Crippen LogP contribution < -0.4 is 5.32 Å². The number of sulfonamides is 1. The standard InChI is InChI=1S/C27H27ClN4O5S4/c1-2-37-27(34)31-14-12-16-20(15-31)39-26(23(16)25-29-17-7-3-4-9-19(17)38-25)30-24(33)18-8-5-6-13-32(18)41(35,36)22-11-10-21(28)40-22/h3-4,7,9-11,18H,2,5-6,8,12-15H2,1H3,(H,30,33). The largest absolute Gasteiger partial charge is 0.450 e. The summed E-state index contributed by atoms with van der Waals surface area (Å²) in [5.41, 5.74) is 2.76. The minimum atomic E-state index is -3.89. The number of fused-ring (bicyclic) bond motifs is 2. The van der Waals surface area contributed by atoms with Crippen LogP contribution in [0, 0.1) is 0 Å². The lowest BCUT2D eigenvalue weighted by atomic mass is 10.0. The topological polar surface area (TPSA) is 109 Å². The fourth-order valence-corrected chi connectivity index (χ4v) is 10.9. The quantitative estimate of drug-likeness (QED) is 0.257. The van der Waals surface area contributed by atoms with Crippen molar-refractivity contribution in [3.05, 3.63) is 51.2 Å². The average Bonchev–Trinajstić information content (AvgIpc) is 3.69. The maximum Gasteiger partial charge on any atom is 0.410 e. The van der Waals surface area contributed by atoms with Crippen LogP contribution in [-0.4, -0.2) is 60.3 Å². The van der Waals surface area contributed by atoms with E-state index in [0.717, 1.165) is 49.0 Å². The Kier molecular flexibility index (Phi) is 8.09. The summed E-state index contributed by atoms with van der Waals surface area (Å²) in [4.78, 5) is 33.8. The third-order valence-corrected chi connectivity index (χ3v) is 13.0. The Bertz CT molecular complexity index is 1700. The molecule has 3 aromatic heterocycles. The van der Waals surface area contributed by atoms with Crippen molar-refractivity contribution in [1.29, 1.82) is 0 Å². The third-order valence-electron chi connectivity index (χ3n) is 7.20. The Balaban J connectivity index is 1.36. The van der Waals surface area contributed by atoms with Crippen molar-refractivity contribution in [2.45, 2.75) is 49.4 Å². The molecule has 9 nitrogen and oxygen atoms in total. The van der Waals surface area contributed by atoms with Crippen molar-refractivity contribution in [3.63, 3.8) is 0 Å². The van der Waals surface area contributed by atoms with Crippen LogP contribution in [0.2, 0.25) is 4.34 Å². The highest BCUT2D eigenvalue weighted by Gasteiger charge is 2.39. The molecule has 0 bridgehead atoms. The summed E-state index contributed by atoms with van der Waals surface area (Å²) in [7, 11) is -3.89. The molecular formula is C27H27ClN4O5S4. The van der Waals surface area contributed by atoms with E-state index in [-0.39, 0.29) is 22.8 Å². The lowest BCUT2D eigenvalue weighted by Crippen LogP contribution is -2.49. The molecule has 1 saturated heterocycles. The number of thiophene rings is 2. The Labute approximate surface area is 254 Å². The van der Waals surface area contributed by atoms with E-state index in [1.54, 1.807) is 29.2 Å². The van der Waals surface area contributed by atoms with Gasteiger partial charge < -0.3 is 15.0 Å². The zero-order valence-electron chi connectivity index (χ0n) is 22.1. The second-order valence-electron chi connectivity index (χ2n) is 9.74. The van der Waals surface area contributed by atoms with Crippen molar-refractivity contribution in [2.75, 3.05) is 25.0 Å². The first-order valence-electron chi connectivity index (χ1n) is 13.3. The predicted octanol–water partition coefficient (Wildman–Crippen LogP) is 6.44. The average molecular weight is 651 g/mol. The van der Waals surface area contributed by atoms with Crippen molar-refractivity contribution < 1.29 is 22.7 Å². The molecule has 2 aliphatic heterocycles. The van der Waals surface area contributed by atoms with Crippen LogP contribution in [0.4, 0.5) is 9.80 Å². The number of rotatable bonds is 6. The van der Waals surface area contributed by atoms with Gasteiger partial charge in [0.25, 0.3) is 10.0 Å². The third kappa shape index (κ3) is 5.51. The molecule has 1 atom stereocenters. The molecule has 1 fully saturated rings. The van der Waals surface area contributed by atoms with E-state index < -0.39 is 16.1 Å². The minimum absolute atomic E-state index is 0.128. The molecule has 41 heavy (non-hydrogen) atoms. The molecular weight excluding hydrogens is 624 g/mol. The number of benzene rings is 1. The lowest BCUT2D eigenvalue weighted by molar-refractivity contribution is -0.120. The van der Waals surface area contributed by atoms with Gasteiger partial charge in [0.05, 0.1) is 27.7 Å². The van der Waals surface area contributed by atoms with Gasteiger partial charge in [-0.15, -0.1) is 34.0 Å². The smallest absolute Gasteiger partial charge is 0.410 e. The van der Waals surface area contributed by atoms with E-state index >= 15 is 0 Å². The number of ether oxygens (including phenoxy) is 1. The Hall–Kier alpha value is -2.55. The zero-order chi connectivity index (χ0) is 28.7. The first kappa shape index (κ1) is 28.6. The minimum Gasteiger partial charge on any atom is -0.450 e. The molecule has 0 radical (unpaired) electrons. The number of anilines is 1. The number of para-hydroxylation sites is 1. The van der Waals surface area contributed by atoms with Gasteiger partial charge in [0.15, 0.2) is 0 Å². The zero-order valence-corrected chi connectivity index (χ0v) is 26.1. The van der Waals surface area contributed by atoms with Crippen LogP contribution in [0.15, 0.2) is 40.6 Å². The molecule has 1 aromatic carbocycles. The second-order valence-corrected chi connectivity index (χ2v) is 15.7. The highest BCUT2D eigenvalue weighted by Crippen LogP contribution is 2.46. The molecule has 6 rings (SSSR count). The van der Waals surface area contributed by atoms with E-state index in [1.165, 1.54) is 21.7 Å². The molecule has 0 saturated carbocycles. The maximum atomic E-state index is 13.9. The molecule has 1 N–H and O–H groups in total. The van der Waals surface area contributed by atoms with Crippen molar-refractivity contribution >= 4 is 82.9 Å². The molecule has 2 amide bonds. The summed E-state index contributed by atoms with van der Waals surface area (Å²) in [6.45, 7) is 3.19. The highest BCUT2D eigenvalue weighted by atomic mass is 35.5. The number of halogens is 1. The normalized spacial score (nSPS) is 17.9. The van der Waals surface area contributed by atoms with Crippen LogP contribution in [0.3, 0.4) is 0 Å². The Morgan fingerprint density at radius 1 is 1.12 bits per heavy atom. The number of carbonyl (C=O) groups is 2. The summed E-state index contributed by atoms with van der Waals surface area (Å²) in [5.74, 6) is -0.376. The summed E-state index contributed by atoms with van der Waals surface area (Å²) < 4.78 is 35.1. The first-order valence-corrected chi connectivity index (χ1v) is 17.5. The predicted molar refractivity (Wildman–Crippen MR) is 164 cm³/mol. The van der Waals surface area contributed by atoms with E-state index in [1.807, 2.05) is 24.3 Å². The highest BCUT2D eigenvalue weighted by molar-refractivity contribution is 7.91. The van der Waals surface area contributed by atoms with E-state index in [9.17, 15) is 18.0 Å². The Morgan fingerprint density at radius 3 is 2.71 bits per heavy atom. The molecule has 14 heteroatoms. The van der Waals surface area contributed by atoms with Crippen LogP contribution in [0.5, 0.6) is 0 Å². The van der Waals surface area contributed by atoms with Gasteiger partial charge in [0.1, 0.15) is 20.3 Å². The van der Waals surface area contributed by atoms with Crippen molar-refractivity contribution in [1.82, 2.24) is 14.2 Å². The summed E-state index contributed by atoms with van der Waals surface area (Å²) >= 11 is 9.98. The Morgan fingerprint density at radius 2 is 1.95 bits per heavy atom. The van der Waals surface area contributed by atoms with E-state index in [4.69, 9.17) is 21.3 Å². The van der Waals surface area contributed by atoms with Gasteiger partial charge in [-0.25, -0.2) is 18.2 Å². The van der Waals surface area contributed by atoms with Gasteiger partial charge in [-0.2, -0.15) is 4.31 Å². The van der Waals surface area contributed by atoms with Crippen LogP contribution in [0.1, 0.15) is 36.6 Å². The number of thiazole rings is 1. The number of hydrogen-bond donors (Lipinski definition) is 1. The number of amides is 2. The van der Waals surface area contributed by atoms with Gasteiger partial charge in [-0.3, -0.25) is 4.79 Å². The fraction of sp³-hybridized carbons (Fsp3) is 0.370. The molecule has 1 unspecified atom stereocenters. The SMILES string of the molecule is CCOC(=O)N1CCc2c(sc(NC(=O)C3CCCCN3S(=O)(=O)c3ccc(Cl)s3)c2-c2nc3ccccc3s2)C1. The summed E-state index contributed by atoms with van der Waals surface area (Å²) in [6, 6.07) is 10.1. The molecule has 2 aliphatic rings. The lowest BCUT2D eigenvalue weighted by Gasteiger charge is -2.33. The number of nitrogens with zero attached hydrogens (tertiary/aromatic N) is 3. The number of aromatic nitrogens is 1. The number of carbonyl (C=O) groups excluding carboxylic acids is 2. The van der Waals surface area contributed by atoms with E-state index in [2.05, 4.69) is 5.32 Å². The fourth-order valence-electron chi connectivity index (χ4n) is 5.27. The van der Waals surface area contributed by atoms with Gasteiger partial charge in [0, 0.05) is 23.5 Å². The van der Waals surface area contributed by atoms with Gasteiger partial charge >= 0.3 is 6.09 Å². The number of nitrogens with one attached hydrogen (secondary N) is 1.